The largest absolute Gasteiger partial charge is 0.466 e. The Morgan fingerprint density at radius 3 is 2.70 bits per heavy atom. The zero-order chi connectivity index (χ0) is 21.9. The van der Waals surface area contributed by atoms with E-state index in [1.165, 1.54) is 6.20 Å². The second-order valence-corrected chi connectivity index (χ2v) is 7.36. The summed E-state index contributed by atoms with van der Waals surface area (Å²) in [5.74, 6) is -0.841. The van der Waals surface area contributed by atoms with Crippen molar-refractivity contribution in [3.05, 3.63) is 23.8 Å². The van der Waals surface area contributed by atoms with Gasteiger partial charge in [0.2, 0.25) is 5.91 Å². The van der Waals surface area contributed by atoms with Gasteiger partial charge >= 0.3 is 5.97 Å². The molecule has 166 valence electrons. The topological polar surface area (TPSA) is 102 Å². The summed E-state index contributed by atoms with van der Waals surface area (Å²) in [5, 5.41) is 0. The van der Waals surface area contributed by atoms with Crippen LogP contribution in [0.1, 0.15) is 48.8 Å². The number of carbonyl (C=O) groups is 3. The van der Waals surface area contributed by atoms with Gasteiger partial charge in [0.1, 0.15) is 5.69 Å². The number of hydrogen-bond acceptors (Lipinski definition) is 7. The third-order valence-electron chi connectivity index (χ3n) is 5.05. The summed E-state index contributed by atoms with van der Waals surface area (Å²) in [4.78, 5) is 49.2. The van der Waals surface area contributed by atoms with Gasteiger partial charge in [-0.05, 0) is 33.1 Å². The molecule has 1 aromatic heterocycles. The average Bonchev–Trinajstić information content (AvgIpc) is 2.76. The van der Waals surface area contributed by atoms with Crippen LogP contribution in [0.4, 0.5) is 0 Å². The highest BCUT2D eigenvalue weighted by Crippen LogP contribution is 2.19. The zero-order valence-corrected chi connectivity index (χ0v) is 18.1. The lowest BCUT2D eigenvalue weighted by Gasteiger charge is -2.32. The van der Waals surface area contributed by atoms with Crippen LogP contribution in [0.3, 0.4) is 0 Å². The number of aromatic nitrogens is 2. The summed E-state index contributed by atoms with van der Waals surface area (Å²) >= 11 is 0. The lowest BCUT2D eigenvalue weighted by atomic mass is 9.98. The van der Waals surface area contributed by atoms with Crippen LogP contribution in [0, 0.1) is 12.8 Å². The zero-order valence-electron chi connectivity index (χ0n) is 18.1. The van der Waals surface area contributed by atoms with E-state index in [-0.39, 0.29) is 42.4 Å². The van der Waals surface area contributed by atoms with Gasteiger partial charge in [0.05, 0.1) is 24.4 Å². The van der Waals surface area contributed by atoms with Crippen LogP contribution >= 0.6 is 0 Å². The molecule has 1 aromatic rings. The Kier molecular flexibility index (Phi) is 9.66. The number of rotatable bonds is 10. The predicted molar refractivity (Wildman–Crippen MR) is 110 cm³/mol. The maximum atomic E-state index is 12.8. The second kappa shape index (κ2) is 12.2. The summed E-state index contributed by atoms with van der Waals surface area (Å²) < 4.78 is 10.2. The molecule has 0 saturated carbocycles. The molecule has 1 saturated heterocycles. The molecular formula is C21H32N4O5. The van der Waals surface area contributed by atoms with Gasteiger partial charge in [0, 0.05) is 52.5 Å². The molecule has 2 rings (SSSR count). The highest BCUT2D eigenvalue weighted by molar-refractivity contribution is 5.92. The van der Waals surface area contributed by atoms with Crippen LogP contribution in [0.15, 0.2) is 12.4 Å². The Labute approximate surface area is 177 Å². The first-order valence-electron chi connectivity index (χ1n) is 10.5. The third kappa shape index (κ3) is 7.05. The van der Waals surface area contributed by atoms with Crippen LogP contribution < -0.4 is 0 Å². The molecule has 2 heterocycles. The Morgan fingerprint density at radius 1 is 1.23 bits per heavy atom. The number of methoxy groups -OCH3 is 1. The fraction of sp³-hybridized carbons (Fsp3) is 0.667. The lowest BCUT2D eigenvalue weighted by molar-refractivity contribution is -0.151. The molecule has 0 aliphatic carbocycles. The first-order valence-corrected chi connectivity index (χ1v) is 10.5. The van der Waals surface area contributed by atoms with Gasteiger partial charge in [-0.15, -0.1) is 0 Å². The number of carbonyl (C=O) groups excluding carboxylic acids is 3. The second-order valence-electron chi connectivity index (χ2n) is 7.36. The first kappa shape index (κ1) is 23.7. The van der Waals surface area contributed by atoms with Crippen LogP contribution in [-0.4, -0.2) is 84.1 Å². The summed E-state index contributed by atoms with van der Waals surface area (Å²) in [6, 6.07) is 0. The summed E-state index contributed by atoms with van der Waals surface area (Å²) in [7, 11) is 1.61. The van der Waals surface area contributed by atoms with Crippen molar-refractivity contribution in [2.75, 3.05) is 46.5 Å². The molecule has 9 heteroatoms. The van der Waals surface area contributed by atoms with Crippen LogP contribution in [-0.2, 0) is 19.1 Å². The number of ether oxygens (including phenoxy) is 2. The molecule has 1 unspecified atom stereocenters. The van der Waals surface area contributed by atoms with Crippen molar-refractivity contribution in [2.45, 2.75) is 39.5 Å². The van der Waals surface area contributed by atoms with Crippen molar-refractivity contribution in [1.29, 1.82) is 0 Å². The molecule has 0 bridgehead atoms. The van der Waals surface area contributed by atoms with E-state index in [1.54, 1.807) is 37.0 Å². The molecule has 1 aliphatic rings. The maximum Gasteiger partial charge on any atom is 0.310 e. The highest BCUT2D eigenvalue weighted by atomic mass is 16.5. The minimum absolute atomic E-state index is 0.0662. The molecule has 0 N–H and O–H groups in total. The minimum atomic E-state index is -0.273. The number of amides is 2. The van der Waals surface area contributed by atoms with Gasteiger partial charge in [0.15, 0.2) is 0 Å². The molecule has 0 radical (unpaired) electrons. The van der Waals surface area contributed by atoms with Crippen LogP contribution in [0.2, 0.25) is 0 Å². The van der Waals surface area contributed by atoms with Crippen molar-refractivity contribution in [3.63, 3.8) is 0 Å². The number of aryl methyl sites for hydroxylation is 1. The molecule has 0 spiro atoms. The van der Waals surface area contributed by atoms with Gasteiger partial charge in [0.25, 0.3) is 5.91 Å². The number of likely N-dealkylation sites (tertiary alicyclic amines) is 1. The van der Waals surface area contributed by atoms with E-state index < -0.39 is 0 Å². The fourth-order valence-electron chi connectivity index (χ4n) is 3.42. The SMILES string of the molecule is CCOC(=O)C1CCCN(C(=O)CCN(CCCOC)C(=O)c2cnc(C)cn2)C1. The highest BCUT2D eigenvalue weighted by Gasteiger charge is 2.29. The van der Waals surface area contributed by atoms with E-state index in [4.69, 9.17) is 9.47 Å². The first-order chi connectivity index (χ1) is 14.5. The van der Waals surface area contributed by atoms with Gasteiger partial charge in [-0.1, -0.05) is 0 Å². The molecule has 0 aromatic carbocycles. The van der Waals surface area contributed by atoms with E-state index in [0.29, 0.717) is 39.3 Å². The van der Waals surface area contributed by atoms with Crippen LogP contribution in [0.5, 0.6) is 0 Å². The van der Waals surface area contributed by atoms with Crippen molar-refractivity contribution in [2.24, 2.45) is 5.92 Å². The van der Waals surface area contributed by atoms with Crippen molar-refractivity contribution in [1.82, 2.24) is 19.8 Å². The van der Waals surface area contributed by atoms with Crippen LogP contribution in [0.25, 0.3) is 0 Å². The normalized spacial score (nSPS) is 16.2. The lowest BCUT2D eigenvalue weighted by Crippen LogP contribution is -2.44. The van der Waals surface area contributed by atoms with E-state index in [1.807, 2.05) is 0 Å². The van der Waals surface area contributed by atoms with Gasteiger partial charge < -0.3 is 19.3 Å². The van der Waals surface area contributed by atoms with Gasteiger partial charge in [-0.2, -0.15) is 0 Å². The maximum absolute atomic E-state index is 12.8. The summed E-state index contributed by atoms with van der Waals surface area (Å²) in [6.45, 7) is 6.16. The molecule has 1 atom stereocenters. The monoisotopic (exact) mass is 420 g/mol. The number of piperidine rings is 1. The molecule has 2 amide bonds. The van der Waals surface area contributed by atoms with Gasteiger partial charge in [-0.25, -0.2) is 4.98 Å². The minimum Gasteiger partial charge on any atom is -0.466 e. The number of nitrogens with zero attached hydrogens (tertiary/aromatic N) is 4. The number of esters is 1. The number of hydrogen-bond donors (Lipinski definition) is 0. The Morgan fingerprint density at radius 2 is 2.03 bits per heavy atom. The van der Waals surface area contributed by atoms with Crippen molar-refractivity contribution < 1.29 is 23.9 Å². The van der Waals surface area contributed by atoms with E-state index in [9.17, 15) is 14.4 Å². The molecule has 1 fully saturated rings. The standard InChI is InChI=1S/C21H32N4O5/c1-4-30-21(28)17-7-5-9-25(15-17)19(26)8-11-24(10-6-12-29-3)20(27)18-14-22-16(2)13-23-18/h13-14,17H,4-12,15H2,1-3H3. The predicted octanol–water partition coefficient (Wildman–Crippen LogP) is 1.46. The fourth-order valence-corrected chi connectivity index (χ4v) is 3.42. The Hall–Kier alpha value is -2.55. The van der Waals surface area contributed by atoms with Crippen molar-refractivity contribution >= 4 is 17.8 Å². The average molecular weight is 421 g/mol. The molecule has 1 aliphatic heterocycles. The van der Waals surface area contributed by atoms with E-state index in [0.717, 1.165) is 18.5 Å². The summed E-state index contributed by atoms with van der Waals surface area (Å²) in [5.41, 5.74) is 0.986. The Bertz CT molecular complexity index is 710. The molecule has 30 heavy (non-hydrogen) atoms. The smallest absolute Gasteiger partial charge is 0.310 e. The summed E-state index contributed by atoms with van der Waals surface area (Å²) in [6.07, 6.45) is 5.35. The van der Waals surface area contributed by atoms with Crippen molar-refractivity contribution in [3.8, 4) is 0 Å². The molecule has 9 nitrogen and oxygen atoms in total. The Balaban J connectivity index is 1.96. The van der Waals surface area contributed by atoms with E-state index >= 15 is 0 Å². The molecular weight excluding hydrogens is 388 g/mol. The quantitative estimate of drug-likeness (QED) is 0.417. The van der Waals surface area contributed by atoms with E-state index in [2.05, 4.69) is 9.97 Å². The van der Waals surface area contributed by atoms with Gasteiger partial charge in [-0.3, -0.25) is 19.4 Å². The third-order valence-corrected chi connectivity index (χ3v) is 5.05.